The van der Waals surface area contributed by atoms with Gasteiger partial charge in [-0.15, -0.1) is 0 Å². The minimum absolute atomic E-state index is 0.212. The Labute approximate surface area is 90.5 Å². The Hall–Kier alpha value is -0.520. The standard InChI is InChI=1S/C7H6Cl2FNO2S/c8-7(9)14(12,13)6-4(10)2-1-3-5(6)11/h1-3,7H,11H2. The van der Waals surface area contributed by atoms with Gasteiger partial charge in [-0.3, -0.25) is 0 Å². The average molecular weight is 258 g/mol. The van der Waals surface area contributed by atoms with E-state index in [9.17, 15) is 12.8 Å². The van der Waals surface area contributed by atoms with Gasteiger partial charge in [0.15, 0.2) is 0 Å². The molecule has 1 rings (SSSR count). The fraction of sp³-hybridized carbons (Fsp3) is 0.143. The van der Waals surface area contributed by atoms with Crippen LogP contribution in [0.5, 0.6) is 0 Å². The quantitative estimate of drug-likeness (QED) is 0.651. The van der Waals surface area contributed by atoms with Crippen molar-refractivity contribution in [3.63, 3.8) is 0 Å². The van der Waals surface area contributed by atoms with Crippen LogP contribution >= 0.6 is 23.2 Å². The highest BCUT2D eigenvalue weighted by Gasteiger charge is 2.28. The van der Waals surface area contributed by atoms with E-state index in [1.807, 2.05) is 0 Å². The van der Waals surface area contributed by atoms with Crippen molar-refractivity contribution in [2.24, 2.45) is 0 Å². The molecule has 0 aliphatic rings. The number of hydrogen-bond acceptors (Lipinski definition) is 3. The van der Waals surface area contributed by atoms with Gasteiger partial charge in [-0.05, 0) is 12.1 Å². The molecule has 0 saturated heterocycles. The van der Waals surface area contributed by atoms with Crippen molar-refractivity contribution >= 4 is 38.7 Å². The average Bonchev–Trinajstić information content (AvgIpc) is 2.02. The van der Waals surface area contributed by atoms with E-state index in [2.05, 4.69) is 0 Å². The second-order valence-corrected chi connectivity index (χ2v) is 6.05. The second kappa shape index (κ2) is 3.92. The van der Waals surface area contributed by atoms with Crippen LogP contribution < -0.4 is 5.73 Å². The minimum atomic E-state index is -4.11. The molecule has 78 valence electrons. The highest BCUT2D eigenvalue weighted by atomic mass is 35.5. The first-order valence-corrected chi connectivity index (χ1v) is 5.85. The summed E-state index contributed by atoms with van der Waals surface area (Å²) in [6, 6.07) is 3.52. The van der Waals surface area contributed by atoms with Crippen molar-refractivity contribution in [2.45, 2.75) is 9.06 Å². The first kappa shape index (κ1) is 11.6. The molecule has 0 amide bonds. The van der Waals surface area contributed by atoms with Gasteiger partial charge in [0.05, 0.1) is 5.69 Å². The molecule has 3 nitrogen and oxygen atoms in total. The van der Waals surface area contributed by atoms with Crippen LogP contribution in [-0.2, 0) is 9.84 Å². The maximum absolute atomic E-state index is 13.1. The number of sulfone groups is 1. The molecular weight excluding hydrogens is 252 g/mol. The smallest absolute Gasteiger partial charge is 0.214 e. The lowest BCUT2D eigenvalue weighted by Crippen LogP contribution is -2.13. The molecule has 0 heterocycles. The van der Waals surface area contributed by atoms with Gasteiger partial charge in [-0.2, -0.15) is 0 Å². The van der Waals surface area contributed by atoms with Crippen LogP contribution in [0.2, 0.25) is 0 Å². The Balaban J connectivity index is 3.48. The van der Waals surface area contributed by atoms with E-state index < -0.39 is 24.7 Å². The zero-order valence-corrected chi connectivity index (χ0v) is 9.07. The lowest BCUT2D eigenvalue weighted by molar-refractivity contribution is 0.570. The molecule has 0 saturated carbocycles. The van der Waals surface area contributed by atoms with E-state index in [4.69, 9.17) is 28.9 Å². The molecule has 0 fully saturated rings. The largest absolute Gasteiger partial charge is 0.398 e. The van der Waals surface area contributed by atoms with Gasteiger partial charge < -0.3 is 5.73 Å². The fourth-order valence-electron chi connectivity index (χ4n) is 0.915. The van der Waals surface area contributed by atoms with Crippen molar-refractivity contribution in [3.8, 4) is 0 Å². The van der Waals surface area contributed by atoms with Crippen molar-refractivity contribution in [2.75, 3.05) is 5.73 Å². The van der Waals surface area contributed by atoms with Crippen LogP contribution in [0.15, 0.2) is 23.1 Å². The van der Waals surface area contributed by atoms with Crippen molar-refractivity contribution in [1.82, 2.24) is 0 Å². The maximum Gasteiger partial charge on any atom is 0.214 e. The van der Waals surface area contributed by atoms with Gasteiger partial charge >= 0.3 is 0 Å². The molecule has 14 heavy (non-hydrogen) atoms. The zero-order chi connectivity index (χ0) is 10.9. The first-order valence-electron chi connectivity index (χ1n) is 3.43. The van der Waals surface area contributed by atoms with Crippen LogP contribution in [-0.4, -0.2) is 12.6 Å². The fourth-order valence-corrected chi connectivity index (χ4v) is 2.36. The van der Waals surface area contributed by atoms with Crippen LogP contribution in [0.3, 0.4) is 0 Å². The number of halogens is 3. The third-order valence-electron chi connectivity index (χ3n) is 1.52. The van der Waals surface area contributed by atoms with Crippen LogP contribution in [0, 0.1) is 5.82 Å². The number of rotatable bonds is 2. The van der Waals surface area contributed by atoms with Gasteiger partial charge in [0.1, 0.15) is 10.7 Å². The van der Waals surface area contributed by atoms with Gasteiger partial charge in [-0.1, -0.05) is 29.3 Å². The van der Waals surface area contributed by atoms with E-state index in [1.54, 1.807) is 0 Å². The summed E-state index contributed by atoms with van der Waals surface area (Å²) in [5.74, 6) is -0.962. The molecular formula is C7H6Cl2FNO2S. The lowest BCUT2D eigenvalue weighted by atomic mass is 10.3. The summed E-state index contributed by atoms with van der Waals surface area (Å²) in [4.78, 5) is -0.657. The molecule has 0 radical (unpaired) electrons. The van der Waals surface area contributed by atoms with E-state index in [-0.39, 0.29) is 5.69 Å². The van der Waals surface area contributed by atoms with E-state index in [1.165, 1.54) is 12.1 Å². The molecule has 0 aromatic heterocycles. The van der Waals surface area contributed by atoms with Crippen molar-refractivity contribution in [1.29, 1.82) is 0 Å². The maximum atomic E-state index is 13.1. The monoisotopic (exact) mass is 257 g/mol. The van der Waals surface area contributed by atoms with E-state index >= 15 is 0 Å². The summed E-state index contributed by atoms with van der Waals surface area (Å²) in [5.41, 5.74) is 5.10. The highest BCUT2D eigenvalue weighted by molar-refractivity contribution is 7.94. The van der Waals surface area contributed by atoms with Crippen molar-refractivity contribution in [3.05, 3.63) is 24.0 Å². The molecule has 7 heteroatoms. The SMILES string of the molecule is Nc1cccc(F)c1S(=O)(=O)C(Cl)Cl. The molecule has 0 aliphatic carbocycles. The normalized spacial score (nSPS) is 12.0. The molecule has 2 N–H and O–H groups in total. The summed E-state index contributed by atoms with van der Waals surface area (Å²) in [6.07, 6.45) is 0. The topological polar surface area (TPSA) is 60.2 Å². The molecule has 0 spiro atoms. The number of alkyl halides is 2. The molecule has 1 aromatic rings. The third kappa shape index (κ3) is 1.94. The number of nitrogens with two attached hydrogens (primary N) is 1. The number of nitrogen functional groups attached to an aromatic ring is 1. The minimum Gasteiger partial charge on any atom is -0.398 e. The van der Waals surface area contributed by atoms with Crippen LogP contribution in [0.1, 0.15) is 0 Å². The molecule has 1 aromatic carbocycles. The Bertz CT molecular complexity index is 427. The molecule has 0 bridgehead atoms. The van der Waals surface area contributed by atoms with Gasteiger partial charge in [-0.25, -0.2) is 12.8 Å². The van der Waals surface area contributed by atoms with Gasteiger partial charge in [0, 0.05) is 0 Å². The van der Waals surface area contributed by atoms with Gasteiger partial charge in [0.25, 0.3) is 0 Å². The third-order valence-corrected chi connectivity index (χ3v) is 4.39. The molecule has 0 unspecified atom stereocenters. The van der Waals surface area contributed by atoms with E-state index in [0.717, 1.165) is 6.07 Å². The summed E-state index contributed by atoms with van der Waals surface area (Å²) in [7, 11) is -4.11. The Morgan fingerprint density at radius 3 is 2.36 bits per heavy atom. The molecule has 0 aliphatic heterocycles. The molecule has 0 atom stereocenters. The van der Waals surface area contributed by atoms with Crippen LogP contribution in [0.25, 0.3) is 0 Å². The Kier molecular flexibility index (Phi) is 3.24. The Morgan fingerprint density at radius 1 is 1.36 bits per heavy atom. The summed E-state index contributed by atoms with van der Waals surface area (Å²) >= 11 is 10.4. The number of hydrogen-bond donors (Lipinski definition) is 1. The van der Waals surface area contributed by atoms with Crippen LogP contribution in [0.4, 0.5) is 10.1 Å². The highest BCUT2D eigenvalue weighted by Crippen LogP contribution is 2.28. The number of anilines is 1. The first-order chi connectivity index (χ1) is 6.37. The number of benzene rings is 1. The van der Waals surface area contributed by atoms with Crippen molar-refractivity contribution < 1.29 is 12.8 Å². The lowest BCUT2D eigenvalue weighted by Gasteiger charge is -2.08. The summed E-state index contributed by atoms with van der Waals surface area (Å²) < 4.78 is 34.2. The predicted octanol–water partition coefficient (Wildman–Crippen LogP) is 1.94. The summed E-state index contributed by atoms with van der Waals surface area (Å²) in [6.45, 7) is 0. The predicted molar refractivity (Wildman–Crippen MR) is 53.5 cm³/mol. The van der Waals surface area contributed by atoms with E-state index in [0.29, 0.717) is 0 Å². The summed E-state index contributed by atoms with van der Waals surface area (Å²) in [5, 5.41) is 0. The second-order valence-electron chi connectivity index (χ2n) is 2.46. The zero-order valence-electron chi connectivity index (χ0n) is 6.75. The van der Waals surface area contributed by atoms with Gasteiger partial charge in [0.2, 0.25) is 14.0 Å². The Morgan fingerprint density at radius 2 is 1.93 bits per heavy atom.